The van der Waals surface area contributed by atoms with E-state index in [0.29, 0.717) is 16.0 Å². The molecule has 1 aromatic heterocycles. The highest BCUT2D eigenvalue weighted by molar-refractivity contribution is 8.00. The molecule has 92 valence electrons. The molecule has 0 bridgehead atoms. The van der Waals surface area contributed by atoms with Crippen LogP contribution in [0.15, 0.2) is 29.4 Å². The lowest BCUT2D eigenvalue weighted by Crippen LogP contribution is -1.98. The molecule has 0 aliphatic heterocycles. The summed E-state index contributed by atoms with van der Waals surface area (Å²) in [6, 6.07) is 9.64. The molecule has 0 aliphatic carbocycles. The first kappa shape index (κ1) is 12.9. The fraction of sp³-hybridized carbons (Fsp3) is 0.250. The van der Waals surface area contributed by atoms with Crippen molar-refractivity contribution in [1.82, 2.24) is 14.8 Å². The summed E-state index contributed by atoms with van der Waals surface area (Å²) >= 11 is 7.51. The van der Waals surface area contributed by atoms with Crippen LogP contribution in [0.1, 0.15) is 6.92 Å². The molecule has 1 heterocycles. The molecule has 1 aromatic carbocycles. The van der Waals surface area contributed by atoms with Crippen LogP contribution >= 0.6 is 23.4 Å². The van der Waals surface area contributed by atoms with Crippen molar-refractivity contribution in [2.75, 3.05) is 0 Å². The number of benzene rings is 1. The van der Waals surface area contributed by atoms with E-state index in [9.17, 15) is 0 Å². The maximum atomic E-state index is 8.81. The van der Waals surface area contributed by atoms with Gasteiger partial charge in [0.1, 0.15) is 0 Å². The smallest absolute Gasteiger partial charge is 0.192 e. The highest BCUT2D eigenvalue weighted by Crippen LogP contribution is 2.29. The van der Waals surface area contributed by atoms with Crippen molar-refractivity contribution in [3.8, 4) is 17.5 Å². The second-order valence-corrected chi connectivity index (χ2v) is 5.45. The summed E-state index contributed by atoms with van der Waals surface area (Å²) in [6.07, 6.45) is 0. The van der Waals surface area contributed by atoms with E-state index in [-0.39, 0.29) is 5.25 Å². The summed E-state index contributed by atoms with van der Waals surface area (Å²) < 4.78 is 1.85. The second-order valence-electron chi connectivity index (χ2n) is 3.73. The van der Waals surface area contributed by atoms with Gasteiger partial charge < -0.3 is 4.57 Å². The molecule has 0 radical (unpaired) electrons. The van der Waals surface area contributed by atoms with E-state index in [4.69, 9.17) is 16.9 Å². The van der Waals surface area contributed by atoms with Gasteiger partial charge in [0.15, 0.2) is 11.0 Å². The average molecular weight is 279 g/mol. The number of nitrogens with zero attached hydrogens (tertiary/aromatic N) is 4. The molecule has 6 heteroatoms. The summed E-state index contributed by atoms with van der Waals surface area (Å²) in [6.45, 7) is 1.83. The van der Waals surface area contributed by atoms with Crippen LogP contribution in [0.5, 0.6) is 0 Å². The lowest BCUT2D eigenvalue weighted by Gasteiger charge is -2.05. The predicted molar refractivity (Wildman–Crippen MR) is 72.4 cm³/mol. The Kier molecular flexibility index (Phi) is 3.90. The van der Waals surface area contributed by atoms with Crippen molar-refractivity contribution in [2.24, 2.45) is 7.05 Å². The molecule has 0 saturated heterocycles. The largest absolute Gasteiger partial charge is 0.305 e. The van der Waals surface area contributed by atoms with Crippen molar-refractivity contribution in [3.05, 3.63) is 29.3 Å². The van der Waals surface area contributed by atoms with Crippen LogP contribution in [-0.2, 0) is 7.05 Å². The number of hydrogen-bond donors (Lipinski definition) is 0. The zero-order chi connectivity index (χ0) is 13.1. The first-order valence-corrected chi connectivity index (χ1v) is 6.60. The van der Waals surface area contributed by atoms with Crippen LogP contribution in [0, 0.1) is 11.3 Å². The van der Waals surface area contributed by atoms with Gasteiger partial charge in [-0.15, -0.1) is 10.2 Å². The quantitative estimate of drug-likeness (QED) is 0.810. The predicted octanol–water partition coefficient (Wildman–Crippen LogP) is 3.14. The Morgan fingerprint density at radius 1 is 1.39 bits per heavy atom. The third-order valence-corrected chi connectivity index (χ3v) is 3.77. The Morgan fingerprint density at radius 3 is 2.78 bits per heavy atom. The Bertz CT molecular complexity index is 602. The second kappa shape index (κ2) is 5.42. The summed E-state index contributed by atoms with van der Waals surface area (Å²) in [5.41, 5.74) is 0.839. The van der Waals surface area contributed by atoms with Crippen LogP contribution in [0.25, 0.3) is 11.4 Å². The molecule has 1 atom stereocenters. The van der Waals surface area contributed by atoms with Crippen molar-refractivity contribution in [2.45, 2.75) is 17.3 Å². The van der Waals surface area contributed by atoms with Gasteiger partial charge in [-0.05, 0) is 19.1 Å². The number of aromatic nitrogens is 3. The van der Waals surface area contributed by atoms with Crippen LogP contribution in [-0.4, -0.2) is 20.0 Å². The van der Waals surface area contributed by atoms with Crippen LogP contribution in [0.2, 0.25) is 5.02 Å². The molecule has 0 fully saturated rings. The molecule has 0 spiro atoms. The van der Waals surface area contributed by atoms with Gasteiger partial charge in [-0.25, -0.2) is 0 Å². The minimum Gasteiger partial charge on any atom is -0.305 e. The zero-order valence-electron chi connectivity index (χ0n) is 9.96. The van der Waals surface area contributed by atoms with Gasteiger partial charge in [-0.1, -0.05) is 35.5 Å². The van der Waals surface area contributed by atoms with E-state index in [1.54, 1.807) is 0 Å². The van der Waals surface area contributed by atoms with E-state index in [2.05, 4.69) is 16.3 Å². The Morgan fingerprint density at radius 2 is 2.11 bits per heavy atom. The molecular formula is C12H11ClN4S. The summed E-state index contributed by atoms with van der Waals surface area (Å²) in [4.78, 5) is 0. The van der Waals surface area contributed by atoms with Gasteiger partial charge in [0.25, 0.3) is 0 Å². The van der Waals surface area contributed by atoms with Gasteiger partial charge >= 0.3 is 0 Å². The maximum Gasteiger partial charge on any atom is 0.192 e. The molecule has 4 nitrogen and oxygen atoms in total. The topological polar surface area (TPSA) is 54.5 Å². The number of halogens is 1. The van der Waals surface area contributed by atoms with Crippen LogP contribution < -0.4 is 0 Å². The monoisotopic (exact) mass is 278 g/mol. The third-order valence-electron chi connectivity index (χ3n) is 2.41. The average Bonchev–Trinajstić information content (AvgIpc) is 2.72. The molecular weight excluding hydrogens is 268 g/mol. The molecule has 2 rings (SSSR count). The van der Waals surface area contributed by atoms with E-state index in [0.717, 1.165) is 5.56 Å². The van der Waals surface area contributed by atoms with E-state index in [1.165, 1.54) is 11.8 Å². The molecule has 0 saturated carbocycles. The Labute approximate surface area is 115 Å². The molecule has 0 amide bonds. The van der Waals surface area contributed by atoms with E-state index in [1.807, 2.05) is 42.8 Å². The number of thioether (sulfide) groups is 1. The summed E-state index contributed by atoms with van der Waals surface area (Å²) in [5.74, 6) is 0.702. The van der Waals surface area contributed by atoms with Crippen molar-refractivity contribution in [3.63, 3.8) is 0 Å². The van der Waals surface area contributed by atoms with Crippen molar-refractivity contribution < 1.29 is 0 Å². The third kappa shape index (κ3) is 2.50. The van der Waals surface area contributed by atoms with Gasteiger partial charge in [-0.3, -0.25) is 0 Å². The standard InChI is InChI=1S/C12H11ClN4S/c1-8(7-14)18-12-16-15-11(17(12)2)9-5-3-4-6-10(9)13/h3-6,8H,1-2H3. The van der Waals surface area contributed by atoms with Crippen molar-refractivity contribution >= 4 is 23.4 Å². The Balaban J connectivity index is 2.38. The first-order chi connectivity index (χ1) is 8.63. The summed E-state index contributed by atoms with van der Waals surface area (Å²) in [5, 5.41) is 18.2. The van der Waals surface area contributed by atoms with Gasteiger partial charge in [-0.2, -0.15) is 5.26 Å². The lowest BCUT2D eigenvalue weighted by molar-refractivity contribution is 0.792. The normalized spacial score (nSPS) is 12.1. The van der Waals surface area contributed by atoms with Crippen LogP contribution in [0.3, 0.4) is 0 Å². The highest BCUT2D eigenvalue weighted by Gasteiger charge is 2.15. The van der Waals surface area contributed by atoms with E-state index < -0.39 is 0 Å². The molecule has 0 N–H and O–H groups in total. The van der Waals surface area contributed by atoms with Gasteiger partial charge in [0.2, 0.25) is 0 Å². The van der Waals surface area contributed by atoms with Crippen molar-refractivity contribution in [1.29, 1.82) is 5.26 Å². The molecule has 2 aromatic rings. The molecule has 0 aliphatic rings. The molecule has 1 unspecified atom stereocenters. The summed E-state index contributed by atoms with van der Waals surface area (Å²) in [7, 11) is 1.87. The minimum atomic E-state index is -0.160. The highest BCUT2D eigenvalue weighted by atomic mass is 35.5. The lowest BCUT2D eigenvalue weighted by atomic mass is 10.2. The maximum absolute atomic E-state index is 8.81. The fourth-order valence-corrected chi connectivity index (χ4v) is 2.40. The number of nitriles is 1. The minimum absolute atomic E-state index is 0.160. The molecule has 18 heavy (non-hydrogen) atoms. The van der Waals surface area contributed by atoms with Gasteiger partial charge in [0.05, 0.1) is 16.3 Å². The zero-order valence-corrected chi connectivity index (χ0v) is 11.5. The van der Waals surface area contributed by atoms with E-state index >= 15 is 0 Å². The first-order valence-electron chi connectivity index (χ1n) is 5.34. The fourth-order valence-electron chi connectivity index (χ4n) is 1.48. The van der Waals surface area contributed by atoms with Gasteiger partial charge in [0, 0.05) is 12.6 Å². The van der Waals surface area contributed by atoms with Crippen LogP contribution in [0.4, 0.5) is 0 Å². The number of rotatable bonds is 3. The Hall–Kier alpha value is -1.51. The number of hydrogen-bond acceptors (Lipinski definition) is 4. The SMILES string of the molecule is CC(C#N)Sc1nnc(-c2ccccc2Cl)n1C.